The Labute approximate surface area is 273 Å². The first kappa shape index (κ1) is 33.5. The zero-order valence-corrected chi connectivity index (χ0v) is 27.5. The number of carbonyl (C=O) groups is 4. The van der Waals surface area contributed by atoms with Crippen LogP contribution in [0.2, 0.25) is 0 Å². The number of aromatic nitrogens is 1. The number of pyridine rings is 1. The molecule has 1 aliphatic carbocycles. The molecule has 246 valence electrons. The van der Waals surface area contributed by atoms with E-state index in [-0.39, 0.29) is 35.7 Å². The van der Waals surface area contributed by atoms with E-state index < -0.39 is 29.7 Å². The van der Waals surface area contributed by atoms with Gasteiger partial charge in [-0.05, 0) is 55.6 Å². The van der Waals surface area contributed by atoms with Gasteiger partial charge in [-0.15, -0.1) is 11.3 Å². The molecule has 10 nitrogen and oxygen atoms in total. The van der Waals surface area contributed by atoms with Gasteiger partial charge in [-0.1, -0.05) is 39.2 Å². The summed E-state index contributed by atoms with van der Waals surface area (Å²) in [4.78, 5) is 62.0. The molecule has 1 saturated heterocycles. The fraction of sp³-hybridized carbons (Fsp3) is 0.500. The van der Waals surface area contributed by atoms with Crippen molar-refractivity contribution in [1.82, 2.24) is 25.4 Å². The van der Waals surface area contributed by atoms with Crippen molar-refractivity contribution >= 4 is 50.9 Å². The van der Waals surface area contributed by atoms with Crippen LogP contribution < -0.4 is 16.0 Å². The Bertz CT molecular complexity index is 1570. The summed E-state index contributed by atoms with van der Waals surface area (Å²) < 4.78 is 15.6. The van der Waals surface area contributed by atoms with Crippen LogP contribution in [0.15, 0.2) is 41.9 Å². The van der Waals surface area contributed by atoms with Crippen molar-refractivity contribution in [2.75, 3.05) is 38.5 Å². The Morgan fingerprint density at radius 1 is 1.04 bits per heavy atom. The van der Waals surface area contributed by atoms with Crippen molar-refractivity contribution in [3.05, 3.63) is 58.9 Å². The maximum Gasteiger partial charge on any atom is 0.253 e. The molecule has 1 aromatic carbocycles. The van der Waals surface area contributed by atoms with Crippen molar-refractivity contribution in [1.29, 1.82) is 0 Å². The molecule has 3 heterocycles. The van der Waals surface area contributed by atoms with E-state index >= 15 is 4.39 Å². The van der Waals surface area contributed by atoms with Crippen LogP contribution in [0, 0.1) is 11.7 Å². The third kappa shape index (κ3) is 7.72. The first-order valence-corrected chi connectivity index (χ1v) is 17.0. The number of nitrogens with zero attached hydrogens (tertiary/aromatic N) is 3. The number of amides is 4. The largest absolute Gasteiger partial charge is 0.344 e. The lowest BCUT2D eigenvalue weighted by Crippen LogP contribution is -2.55. The number of thiophene rings is 1. The van der Waals surface area contributed by atoms with E-state index in [1.54, 1.807) is 42.5 Å². The Hall–Kier alpha value is -3.90. The number of piperazine rings is 1. The van der Waals surface area contributed by atoms with Crippen LogP contribution in [0.3, 0.4) is 0 Å². The fourth-order valence-corrected chi connectivity index (χ4v) is 7.24. The van der Waals surface area contributed by atoms with Gasteiger partial charge in [-0.25, -0.2) is 9.37 Å². The van der Waals surface area contributed by atoms with Crippen LogP contribution in [0.25, 0.3) is 10.2 Å². The molecule has 2 aliphatic rings. The number of anilines is 1. The first-order valence-electron chi connectivity index (χ1n) is 16.2. The van der Waals surface area contributed by atoms with Gasteiger partial charge >= 0.3 is 0 Å². The first-order chi connectivity index (χ1) is 22.2. The predicted octanol–water partition coefficient (Wildman–Crippen LogP) is 4.53. The minimum atomic E-state index is -0.857. The average molecular weight is 651 g/mol. The van der Waals surface area contributed by atoms with Crippen LogP contribution >= 0.6 is 11.3 Å². The molecule has 0 unspecified atom stereocenters. The van der Waals surface area contributed by atoms with Crippen LogP contribution in [0.1, 0.15) is 74.2 Å². The van der Waals surface area contributed by atoms with Crippen molar-refractivity contribution in [3.63, 3.8) is 0 Å². The Morgan fingerprint density at radius 2 is 1.78 bits per heavy atom. The average Bonchev–Trinajstić information content (AvgIpc) is 3.51. The topological polar surface area (TPSA) is 124 Å². The van der Waals surface area contributed by atoms with E-state index in [4.69, 9.17) is 0 Å². The van der Waals surface area contributed by atoms with E-state index in [2.05, 4.69) is 25.8 Å². The van der Waals surface area contributed by atoms with Crippen LogP contribution in [0.5, 0.6) is 0 Å². The van der Waals surface area contributed by atoms with Crippen molar-refractivity contribution in [3.8, 4) is 0 Å². The second kappa shape index (κ2) is 15.1. The Morgan fingerprint density at radius 3 is 2.48 bits per heavy atom. The molecule has 3 aromatic rings. The van der Waals surface area contributed by atoms with E-state index in [1.165, 1.54) is 23.5 Å². The smallest absolute Gasteiger partial charge is 0.253 e. The van der Waals surface area contributed by atoms with Gasteiger partial charge < -0.3 is 25.8 Å². The third-order valence-electron chi connectivity index (χ3n) is 9.28. The number of rotatable bonds is 10. The molecule has 4 amide bonds. The van der Waals surface area contributed by atoms with E-state index in [0.29, 0.717) is 24.2 Å². The lowest BCUT2D eigenvalue weighted by molar-refractivity contribution is -0.138. The maximum absolute atomic E-state index is 15.6. The third-order valence-corrected chi connectivity index (χ3v) is 10.2. The summed E-state index contributed by atoms with van der Waals surface area (Å²) in [7, 11) is 2.00. The summed E-state index contributed by atoms with van der Waals surface area (Å²) in [5, 5.41) is 11.0. The maximum atomic E-state index is 15.6. The van der Waals surface area contributed by atoms with Crippen molar-refractivity contribution < 1.29 is 23.6 Å². The zero-order chi connectivity index (χ0) is 32.8. The number of hydrogen-bond acceptors (Lipinski definition) is 7. The summed E-state index contributed by atoms with van der Waals surface area (Å²) >= 11 is 1.37. The van der Waals surface area contributed by atoms with Crippen LogP contribution in [0.4, 0.5) is 10.1 Å². The molecule has 0 spiro atoms. The molecule has 1 saturated carbocycles. The highest BCUT2D eigenvalue weighted by molar-refractivity contribution is 7.17. The summed E-state index contributed by atoms with van der Waals surface area (Å²) in [6, 6.07) is 6.37. The fourth-order valence-electron chi connectivity index (χ4n) is 6.35. The van der Waals surface area contributed by atoms with Gasteiger partial charge in [0, 0.05) is 55.5 Å². The lowest BCUT2D eigenvalue weighted by Gasteiger charge is -2.36. The second-order valence-corrected chi connectivity index (χ2v) is 13.3. The molecule has 0 radical (unpaired) electrons. The minimum absolute atomic E-state index is 0.0132. The summed E-state index contributed by atoms with van der Waals surface area (Å²) in [5.74, 6) is -2.55. The molecule has 1 aliphatic heterocycles. The molecular weight excluding hydrogens is 607 g/mol. The van der Waals surface area contributed by atoms with Gasteiger partial charge in [-0.2, -0.15) is 0 Å². The standard InChI is InChI=1S/C34H43FN6O4S/c1-4-28(42)38-29(34(45)41-17-15-40(3)16-18-41)21(2)23-12-13-27(26(35)19-23)37-32(44)30(22-9-6-5-7-10-22)39-31(43)25-20-46-33-24(25)11-8-14-36-33/h8,11-14,19-22,29-30H,4-7,9-10,15-18H2,1-3H3,(H,37,44)(H,38,42)(H,39,43)/t21-,29+,30-/m0/s1. The van der Waals surface area contributed by atoms with Gasteiger partial charge in [0.2, 0.25) is 17.7 Å². The lowest BCUT2D eigenvalue weighted by atomic mass is 9.83. The van der Waals surface area contributed by atoms with Gasteiger partial charge in [-0.3, -0.25) is 19.2 Å². The number of carbonyl (C=O) groups excluding carboxylic acids is 4. The summed E-state index contributed by atoms with van der Waals surface area (Å²) in [6.07, 6.45) is 6.46. The van der Waals surface area contributed by atoms with Crippen LogP contribution in [-0.4, -0.2) is 83.7 Å². The van der Waals surface area contributed by atoms with Crippen molar-refractivity contribution in [2.24, 2.45) is 5.92 Å². The number of hydrogen-bond donors (Lipinski definition) is 3. The molecule has 0 bridgehead atoms. The summed E-state index contributed by atoms with van der Waals surface area (Å²) in [5.41, 5.74) is 0.970. The van der Waals surface area contributed by atoms with Gasteiger partial charge in [0.1, 0.15) is 22.7 Å². The minimum Gasteiger partial charge on any atom is -0.344 e. The molecule has 3 N–H and O–H groups in total. The SMILES string of the molecule is CCC(=O)N[C@@H](C(=O)N1CCN(C)CC1)[C@@H](C)c1ccc(NC(=O)[C@@H](NC(=O)c2csc3ncccc23)C2CCCCC2)c(F)c1. The quantitative estimate of drug-likeness (QED) is 0.297. The highest BCUT2D eigenvalue weighted by atomic mass is 32.1. The number of likely N-dealkylation sites (N-methyl/N-ethyl adjacent to an activating group) is 1. The second-order valence-electron chi connectivity index (χ2n) is 12.4. The Balaban J connectivity index is 1.33. The van der Waals surface area contributed by atoms with E-state index in [1.807, 2.05) is 13.1 Å². The van der Waals surface area contributed by atoms with Gasteiger partial charge in [0.15, 0.2) is 0 Å². The molecule has 2 aromatic heterocycles. The molecule has 12 heteroatoms. The van der Waals surface area contributed by atoms with Gasteiger partial charge in [0.25, 0.3) is 5.91 Å². The van der Waals surface area contributed by atoms with E-state index in [0.717, 1.165) is 55.4 Å². The highest BCUT2D eigenvalue weighted by Crippen LogP contribution is 2.30. The number of nitrogens with one attached hydrogen (secondary N) is 3. The molecule has 5 rings (SSSR count). The van der Waals surface area contributed by atoms with Crippen LogP contribution in [-0.2, 0) is 14.4 Å². The molecule has 2 fully saturated rings. The highest BCUT2D eigenvalue weighted by Gasteiger charge is 2.34. The Kier molecular flexibility index (Phi) is 11.0. The number of halogens is 1. The summed E-state index contributed by atoms with van der Waals surface area (Å²) in [6.45, 7) is 6.09. The zero-order valence-electron chi connectivity index (χ0n) is 26.7. The molecular formula is C34H43FN6O4S. The monoisotopic (exact) mass is 650 g/mol. The number of benzene rings is 1. The predicted molar refractivity (Wildman–Crippen MR) is 177 cm³/mol. The van der Waals surface area contributed by atoms with Crippen molar-refractivity contribution in [2.45, 2.75) is 70.4 Å². The van der Waals surface area contributed by atoms with Gasteiger partial charge in [0.05, 0.1) is 11.3 Å². The molecule has 46 heavy (non-hydrogen) atoms. The molecule has 3 atom stereocenters. The normalized spacial score (nSPS) is 18.0. The van der Waals surface area contributed by atoms with E-state index in [9.17, 15) is 19.2 Å². The number of fused-ring (bicyclic) bond motifs is 1.